The van der Waals surface area contributed by atoms with E-state index in [0.717, 1.165) is 25.7 Å². The molecule has 6 fully saturated rings. The summed E-state index contributed by atoms with van der Waals surface area (Å²) in [6.07, 6.45) is 7.61. The van der Waals surface area contributed by atoms with Crippen LogP contribution in [-0.4, -0.2) is 29.2 Å². The van der Waals surface area contributed by atoms with Gasteiger partial charge in [-0.3, -0.25) is 4.79 Å². The average molecular weight is 318 g/mol. The number of carbonyl (C=O) groups is 1. The van der Waals surface area contributed by atoms with Crippen molar-refractivity contribution >= 4 is 5.78 Å². The van der Waals surface area contributed by atoms with Crippen LogP contribution in [0.4, 0.5) is 0 Å². The van der Waals surface area contributed by atoms with Gasteiger partial charge < -0.3 is 9.84 Å². The van der Waals surface area contributed by atoms with E-state index in [4.69, 9.17) is 4.74 Å². The van der Waals surface area contributed by atoms with Crippen LogP contribution < -0.4 is 0 Å². The van der Waals surface area contributed by atoms with Crippen LogP contribution in [0, 0.1) is 34.0 Å². The number of ether oxygens (including phenoxy) is 1. The van der Waals surface area contributed by atoms with E-state index >= 15 is 0 Å². The zero-order valence-corrected chi connectivity index (χ0v) is 14.7. The van der Waals surface area contributed by atoms with Crippen LogP contribution in [-0.2, 0) is 9.53 Å². The van der Waals surface area contributed by atoms with Crippen molar-refractivity contribution in [2.24, 2.45) is 34.0 Å². The molecule has 0 radical (unpaired) electrons. The Morgan fingerprint density at radius 3 is 2.74 bits per heavy atom. The van der Waals surface area contributed by atoms with Crippen LogP contribution in [0.25, 0.3) is 0 Å². The number of aliphatic hydroxyl groups excluding tert-OH is 1. The van der Waals surface area contributed by atoms with Crippen LogP contribution in [0.15, 0.2) is 0 Å². The normalized spacial score (nSPS) is 63.2. The quantitative estimate of drug-likeness (QED) is 0.806. The second kappa shape index (κ2) is 4.04. The largest absolute Gasteiger partial charge is 0.396 e. The average Bonchev–Trinajstić information content (AvgIpc) is 2.85. The van der Waals surface area contributed by atoms with Crippen molar-refractivity contribution in [1.29, 1.82) is 0 Å². The predicted octanol–water partition coefficient (Wildman–Crippen LogP) is 3.34. The Morgan fingerprint density at radius 1 is 1.26 bits per heavy atom. The zero-order valence-electron chi connectivity index (χ0n) is 14.7. The summed E-state index contributed by atoms with van der Waals surface area (Å²) in [7, 11) is 0. The van der Waals surface area contributed by atoms with Gasteiger partial charge in [-0.2, -0.15) is 0 Å². The molecule has 128 valence electrons. The maximum Gasteiger partial charge on any atom is 0.139 e. The van der Waals surface area contributed by atoms with Crippen LogP contribution in [0.5, 0.6) is 0 Å². The number of carbonyl (C=O) groups excluding carboxylic acids is 1. The fourth-order valence-corrected chi connectivity index (χ4v) is 8.33. The molecule has 0 amide bonds. The summed E-state index contributed by atoms with van der Waals surface area (Å²) in [5, 5.41) is 10.1. The monoisotopic (exact) mass is 318 g/mol. The Labute approximate surface area is 139 Å². The van der Waals surface area contributed by atoms with E-state index in [1.165, 1.54) is 12.8 Å². The minimum absolute atomic E-state index is 0.0328. The molecule has 4 aliphatic carbocycles. The van der Waals surface area contributed by atoms with Crippen LogP contribution >= 0.6 is 0 Å². The van der Waals surface area contributed by atoms with E-state index < -0.39 is 0 Å². The van der Waals surface area contributed by atoms with Gasteiger partial charge in [0.2, 0.25) is 0 Å². The predicted molar refractivity (Wildman–Crippen MR) is 86.8 cm³/mol. The molecule has 0 aromatic rings. The standard InChI is InChI=1S/C20H30O3/c1-17(11-21)5-4-6-18(2)14(17)8-15(22)20-9-12-7-13(16(18)20)23-19(12,3)10-20/h12-14,16,21H,4-11H2,1-3H3/t12-,13+,14-,16+,17-,18-,19-,20+/m1/s1. The molecular formula is C20H30O3. The molecule has 0 aromatic heterocycles. The summed E-state index contributed by atoms with van der Waals surface area (Å²) in [6.45, 7) is 7.11. The minimum atomic E-state index is -0.0977. The van der Waals surface area contributed by atoms with Crippen molar-refractivity contribution in [1.82, 2.24) is 0 Å². The summed E-state index contributed by atoms with van der Waals surface area (Å²) >= 11 is 0. The molecule has 4 saturated carbocycles. The number of fused-ring (bicyclic) bond motifs is 1. The lowest BCUT2D eigenvalue weighted by atomic mass is 9.40. The fraction of sp³-hybridized carbons (Fsp3) is 0.950. The molecular weight excluding hydrogens is 288 g/mol. The number of ketones is 1. The Bertz CT molecular complexity index is 587. The molecule has 1 N–H and O–H groups in total. The highest BCUT2D eigenvalue weighted by Crippen LogP contribution is 2.75. The molecule has 2 aliphatic heterocycles. The van der Waals surface area contributed by atoms with Crippen LogP contribution in [0.1, 0.15) is 65.7 Å². The maximum atomic E-state index is 13.4. The Morgan fingerprint density at radius 2 is 2.04 bits per heavy atom. The van der Waals surface area contributed by atoms with E-state index in [2.05, 4.69) is 20.8 Å². The Hall–Kier alpha value is -0.410. The lowest BCUT2D eigenvalue weighted by Gasteiger charge is -2.65. The Balaban J connectivity index is 1.64. The van der Waals surface area contributed by atoms with Gasteiger partial charge in [-0.05, 0) is 61.7 Å². The second-order valence-corrected chi connectivity index (χ2v) is 10.3. The number of hydrogen-bond acceptors (Lipinski definition) is 3. The number of hydrogen-bond donors (Lipinski definition) is 1. The van der Waals surface area contributed by atoms with Crippen molar-refractivity contribution in [2.75, 3.05) is 6.61 Å². The van der Waals surface area contributed by atoms with Gasteiger partial charge in [0, 0.05) is 24.4 Å². The van der Waals surface area contributed by atoms with Gasteiger partial charge in [-0.25, -0.2) is 0 Å². The van der Waals surface area contributed by atoms with E-state index in [-0.39, 0.29) is 34.6 Å². The van der Waals surface area contributed by atoms with Gasteiger partial charge in [0.25, 0.3) is 0 Å². The van der Waals surface area contributed by atoms with Crippen molar-refractivity contribution < 1.29 is 14.6 Å². The smallest absolute Gasteiger partial charge is 0.139 e. The van der Waals surface area contributed by atoms with Gasteiger partial charge in [0.15, 0.2) is 0 Å². The molecule has 2 saturated heterocycles. The zero-order chi connectivity index (χ0) is 16.3. The molecule has 3 nitrogen and oxygen atoms in total. The van der Waals surface area contributed by atoms with E-state index in [0.29, 0.717) is 30.0 Å². The van der Waals surface area contributed by atoms with Gasteiger partial charge in [-0.15, -0.1) is 0 Å². The van der Waals surface area contributed by atoms with Gasteiger partial charge in [-0.1, -0.05) is 20.3 Å². The highest BCUT2D eigenvalue weighted by molar-refractivity contribution is 5.88. The van der Waals surface area contributed by atoms with Gasteiger partial charge >= 0.3 is 0 Å². The van der Waals surface area contributed by atoms with Gasteiger partial charge in [0.1, 0.15) is 5.78 Å². The third-order valence-corrected chi connectivity index (χ3v) is 9.16. The van der Waals surface area contributed by atoms with Crippen molar-refractivity contribution in [3.05, 3.63) is 0 Å². The fourth-order valence-electron chi connectivity index (χ4n) is 8.33. The summed E-state index contributed by atoms with van der Waals surface area (Å²) in [4.78, 5) is 13.4. The summed E-state index contributed by atoms with van der Waals surface area (Å²) in [5.41, 5.74) is -0.0633. The van der Waals surface area contributed by atoms with Crippen LogP contribution in [0.3, 0.4) is 0 Å². The SMILES string of the molecule is C[C@]1(CO)CCC[C@]2(C)[C@@H]1CC(=O)[C@]13C[C@H]4C[C@H](O[C@]4(C)C1)[C@H]32. The second-order valence-electron chi connectivity index (χ2n) is 10.3. The first-order valence-electron chi connectivity index (χ1n) is 9.59. The first kappa shape index (κ1) is 14.9. The third-order valence-electron chi connectivity index (χ3n) is 9.16. The van der Waals surface area contributed by atoms with E-state index in [1.807, 2.05) is 0 Å². The van der Waals surface area contributed by atoms with Crippen molar-refractivity contribution in [2.45, 2.75) is 77.4 Å². The summed E-state index contributed by atoms with van der Waals surface area (Å²) in [5.74, 6) is 1.82. The maximum absolute atomic E-state index is 13.4. The molecule has 23 heavy (non-hydrogen) atoms. The molecule has 0 aromatic carbocycles. The molecule has 8 atom stereocenters. The lowest BCUT2D eigenvalue weighted by Crippen LogP contribution is -2.65. The minimum Gasteiger partial charge on any atom is -0.396 e. The molecule has 0 unspecified atom stereocenters. The highest BCUT2D eigenvalue weighted by atomic mass is 16.5. The molecule has 6 rings (SSSR count). The van der Waals surface area contributed by atoms with Gasteiger partial charge in [0.05, 0.1) is 11.7 Å². The molecule has 2 heterocycles. The Kier molecular flexibility index (Phi) is 2.62. The van der Waals surface area contributed by atoms with Crippen LogP contribution in [0.2, 0.25) is 0 Å². The first-order valence-corrected chi connectivity index (χ1v) is 9.59. The van der Waals surface area contributed by atoms with E-state index in [9.17, 15) is 9.90 Å². The molecule has 6 aliphatic rings. The number of Topliss-reactive ketones (excluding diaryl/α,β-unsaturated/α-hetero) is 1. The number of aliphatic hydroxyl groups is 1. The van der Waals surface area contributed by atoms with Crippen molar-refractivity contribution in [3.8, 4) is 0 Å². The lowest BCUT2D eigenvalue weighted by molar-refractivity contribution is -0.223. The highest BCUT2D eigenvalue weighted by Gasteiger charge is 2.76. The molecule has 1 spiro atoms. The van der Waals surface area contributed by atoms with Crippen molar-refractivity contribution in [3.63, 3.8) is 0 Å². The topological polar surface area (TPSA) is 46.5 Å². The first-order chi connectivity index (χ1) is 10.8. The van der Waals surface area contributed by atoms with E-state index in [1.54, 1.807) is 0 Å². The number of rotatable bonds is 1. The summed E-state index contributed by atoms with van der Waals surface area (Å²) < 4.78 is 6.55. The molecule has 3 heteroatoms. The summed E-state index contributed by atoms with van der Waals surface area (Å²) in [6, 6.07) is 0. The molecule has 4 bridgehead atoms. The third kappa shape index (κ3) is 1.49.